The largest absolute Gasteiger partial charge is 0.230 e. The van der Waals surface area contributed by atoms with E-state index in [2.05, 4.69) is 17.1 Å². The molecular weight excluding hydrogens is 284 g/mol. The predicted octanol–water partition coefficient (Wildman–Crippen LogP) is 4.70. The van der Waals surface area contributed by atoms with E-state index in [1.54, 1.807) is 23.1 Å². The summed E-state index contributed by atoms with van der Waals surface area (Å²) >= 11 is 3.35. The maximum absolute atomic E-state index is 9.32. The highest BCUT2D eigenvalue weighted by Crippen LogP contribution is 2.32. The van der Waals surface area contributed by atoms with Crippen molar-refractivity contribution in [2.45, 2.75) is 10.3 Å². The first-order valence-corrected chi connectivity index (χ1v) is 8.10. The van der Waals surface area contributed by atoms with Crippen LogP contribution in [0, 0.1) is 11.3 Å². The number of hydrogen-bond donors (Lipinski definition) is 0. The van der Waals surface area contributed by atoms with E-state index in [1.807, 2.05) is 48.5 Å². The monoisotopic (exact) mass is 296 g/mol. The van der Waals surface area contributed by atoms with Gasteiger partial charge in [-0.1, -0.05) is 54.2 Å². The Morgan fingerprint density at radius 2 is 1.85 bits per heavy atom. The summed E-state index contributed by atoms with van der Waals surface area (Å²) in [5.74, 6) is 0.647. The maximum atomic E-state index is 9.32. The number of aromatic nitrogens is 1. The molecule has 0 N–H and O–H groups in total. The van der Waals surface area contributed by atoms with Crippen molar-refractivity contribution in [3.8, 4) is 6.07 Å². The Bertz CT molecular complexity index is 711. The number of rotatable bonds is 4. The van der Waals surface area contributed by atoms with E-state index in [1.165, 1.54) is 4.70 Å². The molecule has 2 aromatic carbocycles. The lowest BCUT2D eigenvalue weighted by Gasteiger charge is -2.07. The minimum atomic E-state index is -0.0896. The van der Waals surface area contributed by atoms with Gasteiger partial charge in [-0.05, 0) is 17.7 Å². The van der Waals surface area contributed by atoms with E-state index in [-0.39, 0.29) is 5.92 Å². The van der Waals surface area contributed by atoms with Gasteiger partial charge in [-0.3, -0.25) is 0 Å². The normalized spacial score (nSPS) is 12.2. The number of para-hydroxylation sites is 1. The molecule has 0 amide bonds. The van der Waals surface area contributed by atoms with Crippen molar-refractivity contribution in [1.29, 1.82) is 5.26 Å². The summed E-state index contributed by atoms with van der Waals surface area (Å²) < 4.78 is 2.23. The van der Waals surface area contributed by atoms with Gasteiger partial charge in [-0.2, -0.15) is 5.26 Å². The zero-order valence-electron chi connectivity index (χ0n) is 10.7. The second kappa shape index (κ2) is 6.08. The summed E-state index contributed by atoms with van der Waals surface area (Å²) in [6.45, 7) is 0. The SMILES string of the molecule is N#CC(CSc1nc2ccccc2s1)c1ccccc1. The quantitative estimate of drug-likeness (QED) is 0.655. The van der Waals surface area contributed by atoms with Gasteiger partial charge >= 0.3 is 0 Å². The van der Waals surface area contributed by atoms with Crippen molar-refractivity contribution in [1.82, 2.24) is 4.98 Å². The van der Waals surface area contributed by atoms with Crippen LogP contribution < -0.4 is 0 Å². The minimum Gasteiger partial charge on any atom is -0.230 e. The van der Waals surface area contributed by atoms with Gasteiger partial charge in [-0.25, -0.2) is 4.98 Å². The van der Waals surface area contributed by atoms with E-state index in [0.29, 0.717) is 0 Å². The average molecular weight is 296 g/mol. The average Bonchev–Trinajstić information content (AvgIpc) is 2.92. The van der Waals surface area contributed by atoms with Gasteiger partial charge in [0.05, 0.1) is 22.2 Å². The molecule has 2 nitrogen and oxygen atoms in total. The molecule has 0 aliphatic heterocycles. The standard InChI is InChI=1S/C16H12N2S2/c17-10-13(12-6-2-1-3-7-12)11-19-16-18-14-8-4-5-9-15(14)20-16/h1-9,13H,11H2. The zero-order valence-corrected chi connectivity index (χ0v) is 12.3. The lowest BCUT2D eigenvalue weighted by Crippen LogP contribution is -1.98. The number of hydrogen-bond acceptors (Lipinski definition) is 4. The molecule has 98 valence electrons. The third-order valence-electron chi connectivity index (χ3n) is 3.01. The van der Waals surface area contributed by atoms with Gasteiger partial charge in [0.1, 0.15) is 0 Å². The molecule has 0 aliphatic rings. The molecule has 1 heterocycles. The summed E-state index contributed by atoms with van der Waals surface area (Å²) in [6, 6.07) is 20.4. The van der Waals surface area contributed by atoms with E-state index in [9.17, 15) is 5.26 Å². The lowest BCUT2D eigenvalue weighted by molar-refractivity contribution is 0.995. The predicted molar refractivity (Wildman–Crippen MR) is 85.1 cm³/mol. The second-order valence-electron chi connectivity index (χ2n) is 4.35. The smallest absolute Gasteiger partial charge is 0.151 e. The number of thiazole rings is 1. The van der Waals surface area contributed by atoms with Crippen LogP contribution >= 0.6 is 23.1 Å². The van der Waals surface area contributed by atoms with E-state index < -0.39 is 0 Å². The first kappa shape index (κ1) is 13.2. The number of nitriles is 1. The van der Waals surface area contributed by atoms with Crippen molar-refractivity contribution in [3.05, 3.63) is 60.2 Å². The Balaban J connectivity index is 1.73. The first-order chi connectivity index (χ1) is 9.86. The molecule has 0 saturated heterocycles. The van der Waals surface area contributed by atoms with Crippen LogP contribution in [0.4, 0.5) is 0 Å². The molecule has 4 heteroatoms. The second-order valence-corrected chi connectivity index (χ2v) is 6.65. The highest BCUT2D eigenvalue weighted by Gasteiger charge is 2.12. The van der Waals surface area contributed by atoms with Gasteiger partial charge < -0.3 is 0 Å². The molecular formula is C16H12N2S2. The maximum Gasteiger partial charge on any atom is 0.151 e. The third-order valence-corrected chi connectivity index (χ3v) is 5.28. The molecule has 1 unspecified atom stereocenters. The van der Waals surface area contributed by atoms with Gasteiger partial charge in [0.25, 0.3) is 0 Å². The molecule has 0 saturated carbocycles. The number of fused-ring (bicyclic) bond motifs is 1. The highest BCUT2D eigenvalue weighted by atomic mass is 32.2. The first-order valence-electron chi connectivity index (χ1n) is 6.30. The fraction of sp³-hybridized carbons (Fsp3) is 0.125. The lowest BCUT2D eigenvalue weighted by atomic mass is 10.0. The molecule has 0 aliphatic carbocycles. The van der Waals surface area contributed by atoms with Crippen molar-refractivity contribution in [3.63, 3.8) is 0 Å². The van der Waals surface area contributed by atoms with Gasteiger partial charge in [0, 0.05) is 5.75 Å². The molecule has 0 spiro atoms. The van der Waals surface area contributed by atoms with Crippen LogP contribution in [0.15, 0.2) is 58.9 Å². The zero-order chi connectivity index (χ0) is 13.8. The van der Waals surface area contributed by atoms with Gasteiger partial charge in [0.2, 0.25) is 0 Å². The van der Waals surface area contributed by atoms with Crippen LogP contribution in [0.25, 0.3) is 10.2 Å². The van der Waals surface area contributed by atoms with Crippen molar-refractivity contribution >= 4 is 33.3 Å². The van der Waals surface area contributed by atoms with Crippen LogP contribution in [-0.4, -0.2) is 10.7 Å². The minimum absolute atomic E-state index is 0.0896. The summed E-state index contributed by atoms with van der Waals surface area (Å²) in [4.78, 5) is 4.58. The Hall–Kier alpha value is -1.83. The van der Waals surface area contributed by atoms with Crippen molar-refractivity contribution < 1.29 is 0 Å². The molecule has 20 heavy (non-hydrogen) atoms. The van der Waals surface area contributed by atoms with E-state index in [4.69, 9.17) is 0 Å². The molecule has 0 radical (unpaired) electrons. The van der Waals surface area contributed by atoms with E-state index in [0.717, 1.165) is 21.2 Å². The molecule has 0 fully saturated rings. The van der Waals surface area contributed by atoms with Crippen LogP contribution in [0.5, 0.6) is 0 Å². The molecule has 0 bridgehead atoms. The Labute approximate surface area is 126 Å². The fourth-order valence-corrected chi connectivity index (χ4v) is 4.11. The molecule has 1 atom stereocenters. The Morgan fingerprint density at radius 1 is 1.10 bits per heavy atom. The molecule has 1 aromatic heterocycles. The number of thioether (sulfide) groups is 1. The van der Waals surface area contributed by atoms with Crippen LogP contribution in [0.2, 0.25) is 0 Å². The molecule has 3 aromatic rings. The Kier molecular flexibility index (Phi) is 4.00. The van der Waals surface area contributed by atoms with Crippen LogP contribution in [-0.2, 0) is 0 Å². The van der Waals surface area contributed by atoms with Crippen LogP contribution in [0.3, 0.4) is 0 Å². The van der Waals surface area contributed by atoms with Crippen LogP contribution in [0.1, 0.15) is 11.5 Å². The van der Waals surface area contributed by atoms with E-state index >= 15 is 0 Å². The van der Waals surface area contributed by atoms with Crippen molar-refractivity contribution in [2.24, 2.45) is 0 Å². The van der Waals surface area contributed by atoms with Crippen molar-refractivity contribution in [2.75, 3.05) is 5.75 Å². The summed E-state index contributed by atoms with van der Waals surface area (Å²) in [5.41, 5.74) is 2.11. The Morgan fingerprint density at radius 3 is 2.60 bits per heavy atom. The van der Waals surface area contributed by atoms with Gasteiger partial charge in [0.15, 0.2) is 4.34 Å². The molecule has 3 rings (SSSR count). The summed E-state index contributed by atoms with van der Waals surface area (Å²) in [5, 5.41) is 9.32. The fourth-order valence-electron chi connectivity index (χ4n) is 1.96. The summed E-state index contributed by atoms with van der Waals surface area (Å²) in [6.07, 6.45) is 0. The topological polar surface area (TPSA) is 36.7 Å². The number of benzene rings is 2. The van der Waals surface area contributed by atoms with Gasteiger partial charge in [-0.15, -0.1) is 11.3 Å². The highest BCUT2D eigenvalue weighted by molar-refractivity contribution is 8.01. The summed E-state index contributed by atoms with van der Waals surface area (Å²) in [7, 11) is 0. The third kappa shape index (κ3) is 2.84. The number of nitrogens with zero attached hydrogens (tertiary/aromatic N) is 2.